The van der Waals surface area contributed by atoms with E-state index in [4.69, 9.17) is 5.73 Å². The van der Waals surface area contributed by atoms with Gasteiger partial charge in [-0.3, -0.25) is 0 Å². The molecule has 4 heteroatoms. The lowest BCUT2D eigenvalue weighted by Crippen LogP contribution is -2.24. The molecule has 0 amide bonds. The first kappa shape index (κ1) is 13.0. The zero-order chi connectivity index (χ0) is 13.2. The molecule has 3 nitrogen and oxygen atoms in total. The predicted octanol–water partition coefficient (Wildman–Crippen LogP) is 3.97. The van der Waals surface area contributed by atoms with Crippen LogP contribution in [0.5, 0.6) is 0 Å². The van der Waals surface area contributed by atoms with Crippen LogP contribution in [0.1, 0.15) is 43.2 Å². The minimum absolute atomic E-state index is 0.402. The molecule has 0 saturated heterocycles. The molecule has 1 heterocycles. The van der Waals surface area contributed by atoms with Gasteiger partial charge >= 0.3 is 0 Å². The smallest absolute Gasteiger partial charge is 0.135 e. The summed E-state index contributed by atoms with van der Waals surface area (Å²) in [6.07, 6.45) is 6.83. The van der Waals surface area contributed by atoms with E-state index in [1.165, 1.54) is 31.2 Å². The Labute approximate surface area is 127 Å². The summed E-state index contributed by atoms with van der Waals surface area (Å²) in [5.41, 5.74) is 7.58. The first-order valence-electron chi connectivity index (χ1n) is 6.81. The SMILES string of the molecule is Nc1c(I)cnn1C1CCCCC1c1ccccc1. The van der Waals surface area contributed by atoms with E-state index >= 15 is 0 Å². The Morgan fingerprint density at radius 2 is 1.89 bits per heavy atom. The summed E-state index contributed by atoms with van der Waals surface area (Å²) < 4.78 is 3.09. The summed E-state index contributed by atoms with van der Waals surface area (Å²) in [6.45, 7) is 0. The van der Waals surface area contributed by atoms with Gasteiger partial charge in [-0.1, -0.05) is 43.2 Å². The minimum atomic E-state index is 0.402. The standard InChI is InChI=1S/C15H18IN3/c16-13-10-18-19(15(13)17)14-9-5-4-8-12(14)11-6-2-1-3-7-11/h1-3,6-7,10,12,14H,4-5,8-9,17H2. The molecule has 0 aliphatic heterocycles. The molecule has 1 fully saturated rings. The maximum absolute atomic E-state index is 6.17. The van der Waals surface area contributed by atoms with Gasteiger partial charge in [-0.2, -0.15) is 5.10 Å². The van der Waals surface area contributed by atoms with E-state index in [1.54, 1.807) is 0 Å². The van der Waals surface area contributed by atoms with Crippen molar-refractivity contribution in [3.8, 4) is 0 Å². The molecule has 0 spiro atoms. The molecule has 1 aromatic heterocycles. The van der Waals surface area contributed by atoms with Gasteiger partial charge in [-0.15, -0.1) is 0 Å². The molecular weight excluding hydrogens is 349 g/mol. The van der Waals surface area contributed by atoms with Gasteiger partial charge in [0.05, 0.1) is 15.8 Å². The van der Waals surface area contributed by atoms with Crippen LogP contribution in [0, 0.1) is 3.57 Å². The highest BCUT2D eigenvalue weighted by molar-refractivity contribution is 14.1. The summed E-state index contributed by atoms with van der Waals surface area (Å²) in [7, 11) is 0. The Balaban J connectivity index is 1.96. The van der Waals surface area contributed by atoms with Crippen LogP contribution in [-0.4, -0.2) is 9.78 Å². The maximum atomic E-state index is 6.17. The van der Waals surface area contributed by atoms with E-state index in [0.717, 1.165) is 9.39 Å². The first-order chi connectivity index (χ1) is 9.27. The number of nitrogens with zero attached hydrogens (tertiary/aromatic N) is 2. The molecule has 0 bridgehead atoms. The van der Waals surface area contributed by atoms with Gasteiger partial charge in [0.2, 0.25) is 0 Å². The highest BCUT2D eigenvalue weighted by Crippen LogP contribution is 2.41. The van der Waals surface area contributed by atoms with Gasteiger partial charge in [0, 0.05) is 5.92 Å². The van der Waals surface area contributed by atoms with E-state index in [0.29, 0.717) is 12.0 Å². The van der Waals surface area contributed by atoms with Gasteiger partial charge in [0.15, 0.2) is 0 Å². The van der Waals surface area contributed by atoms with Crippen LogP contribution in [0.2, 0.25) is 0 Å². The third-order valence-corrected chi connectivity index (χ3v) is 4.89. The van der Waals surface area contributed by atoms with E-state index in [1.807, 2.05) is 10.9 Å². The molecule has 19 heavy (non-hydrogen) atoms. The molecule has 2 N–H and O–H groups in total. The van der Waals surface area contributed by atoms with Crippen molar-refractivity contribution in [2.75, 3.05) is 5.73 Å². The van der Waals surface area contributed by atoms with Crippen molar-refractivity contribution >= 4 is 28.4 Å². The van der Waals surface area contributed by atoms with Crippen molar-refractivity contribution in [3.63, 3.8) is 0 Å². The summed E-state index contributed by atoms with van der Waals surface area (Å²) in [6, 6.07) is 11.2. The third kappa shape index (κ3) is 2.50. The van der Waals surface area contributed by atoms with Crippen molar-refractivity contribution in [2.24, 2.45) is 0 Å². The zero-order valence-corrected chi connectivity index (χ0v) is 13.0. The Morgan fingerprint density at radius 1 is 1.16 bits per heavy atom. The maximum Gasteiger partial charge on any atom is 0.135 e. The number of aromatic nitrogens is 2. The normalized spacial score (nSPS) is 23.4. The Morgan fingerprint density at radius 3 is 2.58 bits per heavy atom. The lowest BCUT2D eigenvalue weighted by atomic mass is 9.80. The van der Waals surface area contributed by atoms with Crippen molar-refractivity contribution in [2.45, 2.75) is 37.6 Å². The molecule has 1 aliphatic carbocycles. The number of hydrogen-bond acceptors (Lipinski definition) is 2. The van der Waals surface area contributed by atoms with Gasteiger partial charge in [0.1, 0.15) is 5.82 Å². The van der Waals surface area contributed by atoms with Crippen LogP contribution in [0.25, 0.3) is 0 Å². The molecular formula is C15H18IN3. The van der Waals surface area contributed by atoms with Crippen LogP contribution >= 0.6 is 22.6 Å². The van der Waals surface area contributed by atoms with Crippen LogP contribution in [0.4, 0.5) is 5.82 Å². The van der Waals surface area contributed by atoms with E-state index in [2.05, 4.69) is 58.0 Å². The fourth-order valence-corrected chi connectivity index (χ4v) is 3.48. The number of nitrogens with two attached hydrogens (primary N) is 1. The Kier molecular flexibility index (Phi) is 3.77. The van der Waals surface area contributed by atoms with Crippen LogP contribution in [-0.2, 0) is 0 Å². The van der Waals surface area contributed by atoms with Gasteiger partial charge in [0.25, 0.3) is 0 Å². The van der Waals surface area contributed by atoms with Crippen molar-refractivity contribution in [1.29, 1.82) is 0 Å². The molecule has 2 atom stereocenters. The highest BCUT2D eigenvalue weighted by Gasteiger charge is 2.29. The second kappa shape index (κ2) is 5.53. The number of rotatable bonds is 2. The van der Waals surface area contributed by atoms with Crippen molar-refractivity contribution < 1.29 is 0 Å². The Hall–Kier alpha value is -1.04. The molecule has 2 unspecified atom stereocenters. The number of hydrogen-bond donors (Lipinski definition) is 1. The fourth-order valence-electron chi connectivity index (χ4n) is 3.11. The molecule has 3 rings (SSSR count). The average molecular weight is 367 g/mol. The summed E-state index contributed by atoms with van der Waals surface area (Å²) >= 11 is 2.25. The zero-order valence-electron chi connectivity index (χ0n) is 10.8. The lowest BCUT2D eigenvalue weighted by molar-refractivity contribution is 0.288. The van der Waals surface area contributed by atoms with Crippen LogP contribution < -0.4 is 5.73 Å². The third-order valence-electron chi connectivity index (χ3n) is 4.06. The predicted molar refractivity (Wildman–Crippen MR) is 86.0 cm³/mol. The fraction of sp³-hybridized carbons (Fsp3) is 0.400. The van der Waals surface area contributed by atoms with Crippen LogP contribution in [0.3, 0.4) is 0 Å². The number of benzene rings is 1. The highest BCUT2D eigenvalue weighted by atomic mass is 127. The first-order valence-corrected chi connectivity index (χ1v) is 7.88. The number of nitrogen functional groups attached to an aromatic ring is 1. The average Bonchev–Trinajstić information content (AvgIpc) is 2.80. The van der Waals surface area contributed by atoms with E-state index in [9.17, 15) is 0 Å². The topological polar surface area (TPSA) is 43.8 Å². The lowest BCUT2D eigenvalue weighted by Gasteiger charge is -2.32. The van der Waals surface area contributed by atoms with Crippen LogP contribution in [0.15, 0.2) is 36.5 Å². The molecule has 100 valence electrons. The van der Waals surface area contributed by atoms with Gasteiger partial charge < -0.3 is 5.73 Å². The largest absolute Gasteiger partial charge is 0.383 e. The second-order valence-electron chi connectivity index (χ2n) is 5.19. The summed E-state index contributed by atoms with van der Waals surface area (Å²) in [5.74, 6) is 1.35. The minimum Gasteiger partial charge on any atom is -0.383 e. The second-order valence-corrected chi connectivity index (χ2v) is 6.35. The van der Waals surface area contributed by atoms with Crippen molar-refractivity contribution in [3.05, 3.63) is 45.7 Å². The van der Waals surface area contributed by atoms with Crippen molar-refractivity contribution in [1.82, 2.24) is 9.78 Å². The quantitative estimate of drug-likeness (QED) is 0.817. The summed E-state index contributed by atoms with van der Waals surface area (Å²) in [4.78, 5) is 0. The number of halogens is 1. The summed E-state index contributed by atoms with van der Waals surface area (Å²) in [5, 5.41) is 4.50. The van der Waals surface area contributed by atoms with Gasteiger partial charge in [-0.25, -0.2) is 4.68 Å². The molecule has 1 aromatic carbocycles. The molecule has 0 radical (unpaired) electrons. The molecule has 1 saturated carbocycles. The Bertz CT molecular complexity index is 550. The van der Waals surface area contributed by atoms with E-state index in [-0.39, 0.29) is 0 Å². The molecule has 1 aliphatic rings. The van der Waals surface area contributed by atoms with Gasteiger partial charge in [-0.05, 0) is 41.0 Å². The van der Waals surface area contributed by atoms with E-state index < -0.39 is 0 Å². The molecule has 2 aromatic rings. The number of anilines is 1. The monoisotopic (exact) mass is 367 g/mol.